The Morgan fingerprint density at radius 1 is 1.15 bits per heavy atom. The number of hydrogen-bond acceptors (Lipinski definition) is 7. The molecule has 9 heteroatoms. The Morgan fingerprint density at radius 2 is 1.97 bits per heavy atom. The topological polar surface area (TPSA) is 63.9 Å². The number of aryl methyl sites for hydroxylation is 1. The monoisotopic (exact) mass is 495 g/mol. The fourth-order valence-electron chi connectivity index (χ4n) is 4.06. The van der Waals surface area contributed by atoms with Gasteiger partial charge in [0.1, 0.15) is 5.82 Å². The molecule has 0 spiro atoms. The molecule has 0 bridgehead atoms. The van der Waals surface area contributed by atoms with Gasteiger partial charge in [0.25, 0.3) is 0 Å². The third-order valence-corrected chi connectivity index (χ3v) is 8.96. The molecule has 0 N–H and O–H groups in total. The average molecular weight is 496 g/mol. The average Bonchev–Trinajstić information content (AvgIpc) is 3.44. The zero-order valence-electron chi connectivity index (χ0n) is 18.6. The molecule has 170 valence electrons. The van der Waals surface area contributed by atoms with E-state index in [1.54, 1.807) is 23.1 Å². The summed E-state index contributed by atoms with van der Waals surface area (Å²) in [6.07, 6.45) is 2.03. The van der Waals surface area contributed by atoms with Crippen LogP contribution in [0, 0.1) is 0 Å². The molecule has 1 atom stereocenters. The van der Waals surface area contributed by atoms with Crippen LogP contribution in [0.2, 0.25) is 0 Å². The van der Waals surface area contributed by atoms with Crippen molar-refractivity contribution in [3.8, 4) is 0 Å². The molecule has 1 unspecified atom stereocenters. The van der Waals surface area contributed by atoms with Crippen LogP contribution >= 0.6 is 34.9 Å². The van der Waals surface area contributed by atoms with E-state index in [9.17, 15) is 4.79 Å². The summed E-state index contributed by atoms with van der Waals surface area (Å²) in [5.74, 6) is 1.73. The predicted molar refractivity (Wildman–Crippen MR) is 137 cm³/mol. The summed E-state index contributed by atoms with van der Waals surface area (Å²) in [5, 5.41) is 9.42. The molecule has 0 saturated carbocycles. The van der Waals surface area contributed by atoms with Gasteiger partial charge in [-0.15, -0.1) is 21.5 Å². The maximum absolute atomic E-state index is 13.3. The minimum Gasteiger partial charge on any atom is -0.311 e. The van der Waals surface area contributed by atoms with Gasteiger partial charge in [-0.05, 0) is 50.5 Å². The third-order valence-electron chi connectivity index (χ3n) is 5.71. The Balaban J connectivity index is 1.27. The summed E-state index contributed by atoms with van der Waals surface area (Å²) in [6, 6.07) is 16.4. The van der Waals surface area contributed by atoms with Crippen LogP contribution in [0.4, 0.5) is 5.69 Å². The first-order valence-corrected chi connectivity index (χ1v) is 13.8. The third kappa shape index (κ3) is 4.67. The van der Waals surface area contributed by atoms with Gasteiger partial charge in [0.15, 0.2) is 9.50 Å². The predicted octanol–water partition coefficient (Wildman–Crippen LogP) is 5.66. The molecular formula is C24H25N5OS3. The number of rotatable bonds is 7. The van der Waals surface area contributed by atoms with Crippen molar-refractivity contribution in [2.24, 2.45) is 0 Å². The summed E-state index contributed by atoms with van der Waals surface area (Å²) >= 11 is 4.88. The second-order valence-electron chi connectivity index (χ2n) is 7.86. The summed E-state index contributed by atoms with van der Waals surface area (Å²) in [4.78, 5) is 19.9. The molecule has 1 aliphatic rings. The highest BCUT2D eigenvalue weighted by atomic mass is 32.2. The van der Waals surface area contributed by atoms with Crippen molar-refractivity contribution in [2.45, 2.75) is 53.7 Å². The van der Waals surface area contributed by atoms with E-state index in [1.165, 1.54) is 22.0 Å². The lowest BCUT2D eigenvalue weighted by molar-refractivity contribution is -0.117. The Kier molecular flexibility index (Phi) is 6.71. The minimum atomic E-state index is -0.240. The first kappa shape index (κ1) is 22.4. The molecule has 0 radical (unpaired) electrons. The van der Waals surface area contributed by atoms with Crippen LogP contribution in [0.1, 0.15) is 31.7 Å². The van der Waals surface area contributed by atoms with Gasteiger partial charge >= 0.3 is 0 Å². The molecular weight excluding hydrogens is 470 g/mol. The Bertz CT molecular complexity index is 1250. The van der Waals surface area contributed by atoms with Crippen molar-refractivity contribution in [2.75, 3.05) is 11.4 Å². The lowest BCUT2D eigenvalue weighted by Gasteiger charge is -2.31. The fourth-order valence-corrected chi connectivity index (χ4v) is 7.06. The normalized spacial score (nSPS) is 14.4. The zero-order chi connectivity index (χ0) is 22.8. The maximum atomic E-state index is 13.3. The standard InChI is InChI=1S/C24H25N5OS3/c1-3-28-21(15-31-24-25-18-11-5-7-13-20(18)33-24)26-27-23(28)32-16(2)22(30)29-14-8-10-17-9-4-6-12-19(17)29/h4-7,9,11-13,16H,3,8,10,14-15H2,1-2H3. The number of aromatic nitrogens is 4. The largest absolute Gasteiger partial charge is 0.311 e. The number of para-hydroxylation sites is 2. The molecule has 5 rings (SSSR count). The Hall–Kier alpha value is -2.36. The molecule has 3 heterocycles. The van der Waals surface area contributed by atoms with Crippen molar-refractivity contribution < 1.29 is 4.79 Å². The highest BCUT2D eigenvalue weighted by Gasteiger charge is 2.28. The van der Waals surface area contributed by atoms with Crippen LogP contribution in [-0.4, -0.2) is 37.5 Å². The van der Waals surface area contributed by atoms with E-state index >= 15 is 0 Å². The van der Waals surface area contributed by atoms with E-state index in [4.69, 9.17) is 4.98 Å². The second-order valence-corrected chi connectivity index (χ2v) is 11.4. The Labute approximate surface area is 205 Å². The molecule has 1 amide bonds. The number of hydrogen-bond donors (Lipinski definition) is 0. The van der Waals surface area contributed by atoms with Gasteiger partial charge in [-0.1, -0.05) is 53.9 Å². The molecule has 4 aromatic rings. The maximum Gasteiger partial charge on any atom is 0.240 e. The molecule has 2 aromatic carbocycles. The highest BCUT2D eigenvalue weighted by molar-refractivity contribution is 8.00. The number of fused-ring (bicyclic) bond motifs is 2. The number of thioether (sulfide) groups is 2. The lowest BCUT2D eigenvalue weighted by Crippen LogP contribution is -2.40. The molecule has 6 nitrogen and oxygen atoms in total. The number of benzene rings is 2. The summed E-state index contributed by atoms with van der Waals surface area (Å²) in [6.45, 7) is 5.59. The van der Waals surface area contributed by atoms with Crippen molar-refractivity contribution in [3.05, 3.63) is 59.9 Å². The van der Waals surface area contributed by atoms with E-state index in [0.29, 0.717) is 5.75 Å². The molecule has 0 saturated heterocycles. The van der Waals surface area contributed by atoms with Crippen LogP contribution in [0.15, 0.2) is 58.0 Å². The van der Waals surface area contributed by atoms with Crippen LogP contribution in [-0.2, 0) is 23.5 Å². The quantitative estimate of drug-likeness (QED) is 0.308. The van der Waals surface area contributed by atoms with E-state index in [1.807, 2.05) is 42.2 Å². The van der Waals surface area contributed by atoms with E-state index in [2.05, 4.69) is 39.9 Å². The molecule has 2 aromatic heterocycles. The first-order valence-electron chi connectivity index (χ1n) is 11.1. The van der Waals surface area contributed by atoms with Gasteiger partial charge < -0.3 is 9.47 Å². The number of carbonyl (C=O) groups is 1. The van der Waals surface area contributed by atoms with E-state index < -0.39 is 0 Å². The Morgan fingerprint density at radius 3 is 2.82 bits per heavy atom. The van der Waals surface area contributed by atoms with Gasteiger partial charge in [0, 0.05) is 18.8 Å². The number of anilines is 1. The second kappa shape index (κ2) is 9.87. The molecule has 1 aliphatic heterocycles. The SMILES string of the molecule is CCn1c(CSc2nc3ccccc3s2)nnc1SC(C)C(=O)N1CCCc2ccccc21. The summed E-state index contributed by atoms with van der Waals surface area (Å²) in [7, 11) is 0. The smallest absolute Gasteiger partial charge is 0.240 e. The molecule has 0 fully saturated rings. The van der Waals surface area contributed by atoms with Crippen LogP contribution in [0.25, 0.3) is 10.2 Å². The van der Waals surface area contributed by atoms with E-state index in [-0.39, 0.29) is 11.2 Å². The lowest BCUT2D eigenvalue weighted by atomic mass is 10.0. The van der Waals surface area contributed by atoms with Gasteiger partial charge in [-0.2, -0.15) is 0 Å². The fraction of sp³-hybridized carbons (Fsp3) is 0.333. The van der Waals surface area contributed by atoms with Crippen molar-refractivity contribution in [3.63, 3.8) is 0 Å². The van der Waals surface area contributed by atoms with Crippen LogP contribution in [0.5, 0.6) is 0 Å². The number of amides is 1. The minimum absolute atomic E-state index is 0.128. The van der Waals surface area contributed by atoms with Gasteiger partial charge in [-0.25, -0.2) is 4.98 Å². The van der Waals surface area contributed by atoms with Crippen LogP contribution < -0.4 is 4.90 Å². The van der Waals surface area contributed by atoms with Gasteiger partial charge in [-0.3, -0.25) is 4.79 Å². The number of thiazole rings is 1. The van der Waals surface area contributed by atoms with Crippen molar-refractivity contribution >= 4 is 56.7 Å². The van der Waals surface area contributed by atoms with Crippen molar-refractivity contribution in [1.29, 1.82) is 0 Å². The van der Waals surface area contributed by atoms with Crippen molar-refractivity contribution in [1.82, 2.24) is 19.7 Å². The van der Waals surface area contributed by atoms with Gasteiger partial charge in [0.05, 0.1) is 21.2 Å². The highest BCUT2D eigenvalue weighted by Crippen LogP contribution is 2.33. The summed E-state index contributed by atoms with van der Waals surface area (Å²) < 4.78 is 4.34. The first-order chi connectivity index (χ1) is 16.1. The zero-order valence-corrected chi connectivity index (χ0v) is 21.1. The summed E-state index contributed by atoms with van der Waals surface area (Å²) in [5.41, 5.74) is 3.33. The molecule has 0 aliphatic carbocycles. The number of nitrogens with zero attached hydrogens (tertiary/aromatic N) is 5. The molecule has 33 heavy (non-hydrogen) atoms. The van der Waals surface area contributed by atoms with Gasteiger partial charge in [0.2, 0.25) is 5.91 Å². The number of carbonyl (C=O) groups excluding carboxylic acids is 1. The van der Waals surface area contributed by atoms with Crippen LogP contribution in [0.3, 0.4) is 0 Å². The van der Waals surface area contributed by atoms with E-state index in [0.717, 1.165) is 52.5 Å².